The van der Waals surface area contributed by atoms with E-state index in [1.807, 2.05) is 12.2 Å². The summed E-state index contributed by atoms with van der Waals surface area (Å²) in [5.41, 5.74) is 5.44. The molecular weight excluding hydrogens is 281 g/mol. The molecule has 0 aromatic rings. The summed E-state index contributed by atoms with van der Waals surface area (Å²) in [4.78, 5) is 11.5. The molecule has 1 aliphatic carbocycles. The predicted octanol–water partition coefficient (Wildman–Crippen LogP) is 2.36. The largest absolute Gasteiger partial charge is 0.464 e. The molecule has 0 saturated heterocycles. The minimum Gasteiger partial charge on any atom is -0.464 e. The average molecular weight is 303 g/mol. The van der Waals surface area contributed by atoms with Crippen molar-refractivity contribution in [2.75, 3.05) is 19.3 Å². The van der Waals surface area contributed by atoms with Gasteiger partial charge in [0.2, 0.25) is 0 Å². The highest BCUT2D eigenvalue weighted by Crippen LogP contribution is 2.51. The van der Waals surface area contributed by atoms with Crippen molar-refractivity contribution in [1.29, 1.82) is 0 Å². The monoisotopic (exact) mass is 303 g/mol. The molecule has 0 bridgehead atoms. The maximum absolute atomic E-state index is 12.6. The van der Waals surface area contributed by atoms with Gasteiger partial charge in [-0.2, -0.15) is 0 Å². The van der Waals surface area contributed by atoms with E-state index in [4.69, 9.17) is 19.5 Å². The van der Waals surface area contributed by atoms with Crippen molar-refractivity contribution in [2.24, 2.45) is 5.73 Å². The highest BCUT2D eigenvalue weighted by Gasteiger charge is 2.31. The maximum Gasteiger partial charge on any atom is 0.381 e. The van der Waals surface area contributed by atoms with Gasteiger partial charge in [0.25, 0.3) is 0 Å². The highest BCUT2D eigenvalue weighted by molar-refractivity contribution is 7.54. The van der Waals surface area contributed by atoms with E-state index in [2.05, 4.69) is 0 Å². The third kappa shape index (κ3) is 5.49. The lowest BCUT2D eigenvalue weighted by atomic mass is 10.2. The van der Waals surface area contributed by atoms with Crippen LogP contribution in [-0.4, -0.2) is 31.4 Å². The minimum atomic E-state index is -3.47. The maximum atomic E-state index is 12.6. The topological polar surface area (TPSA) is 87.9 Å². The molecule has 0 saturated carbocycles. The number of carbonyl (C=O) groups is 1. The Morgan fingerprint density at radius 1 is 1.50 bits per heavy atom. The Morgan fingerprint density at radius 2 is 2.25 bits per heavy atom. The van der Waals surface area contributed by atoms with Crippen molar-refractivity contribution in [1.82, 2.24) is 0 Å². The van der Waals surface area contributed by atoms with Crippen LogP contribution in [0.1, 0.15) is 26.7 Å². The Bertz CT molecular complexity index is 432. The minimum absolute atomic E-state index is 0.0436. The number of carbonyl (C=O) groups excluding carboxylic acids is 1. The van der Waals surface area contributed by atoms with E-state index in [0.29, 0.717) is 5.76 Å². The van der Waals surface area contributed by atoms with Gasteiger partial charge in [0.15, 0.2) is 6.10 Å². The van der Waals surface area contributed by atoms with Crippen LogP contribution in [0.15, 0.2) is 24.0 Å². The molecule has 20 heavy (non-hydrogen) atoms. The number of hydrogen-bond donors (Lipinski definition) is 1. The molecule has 6 nitrogen and oxygen atoms in total. The molecular formula is C13H22NO5P. The third-order valence-electron chi connectivity index (χ3n) is 2.55. The number of allylic oxidation sites excluding steroid dienone is 3. The summed E-state index contributed by atoms with van der Waals surface area (Å²) < 4.78 is 28.1. The van der Waals surface area contributed by atoms with Crippen molar-refractivity contribution in [2.45, 2.75) is 32.8 Å². The molecule has 114 valence electrons. The van der Waals surface area contributed by atoms with Crippen LogP contribution in [0.3, 0.4) is 0 Å². The summed E-state index contributed by atoms with van der Waals surface area (Å²) >= 11 is 0. The van der Waals surface area contributed by atoms with Gasteiger partial charge >= 0.3 is 13.6 Å². The fourth-order valence-corrected chi connectivity index (χ4v) is 3.22. The number of rotatable bonds is 8. The Labute approximate surface area is 119 Å². The second kappa shape index (κ2) is 8.25. The van der Waals surface area contributed by atoms with Crippen LogP contribution in [0, 0.1) is 0 Å². The van der Waals surface area contributed by atoms with Gasteiger partial charge in [-0.1, -0.05) is 6.08 Å². The van der Waals surface area contributed by atoms with Gasteiger partial charge in [-0.3, -0.25) is 4.52 Å². The number of nitrogens with two attached hydrogens (primary N) is 1. The summed E-state index contributed by atoms with van der Waals surface area (Å²) in [7, 11) is -3.47. The third-order valence-corrected chi connectivity index (χ3v) is 4.48. The lowest BCUT2D eigenvalue weighted by Crippen LogP contribution is -2.24. The number of hydrogen-bond acceptors (Lipinski definition) is 6. The van der Waals surface area contributed by atoms with Gasteiger partial charge in [-0.25, -0.2) is 9.36 Å². The standard InChI is InChI=1S/C13H22NO5P/c1-3-17-13(15)11(2)18-20(16,10-9-14)19-12-7-5-4-6-8-12/h5,7-8,11H,3-4,6,9-10,14H2,1-2H3/t11-,20?/m1/s1. The zero-order valence-corrected chi connectivity index (χ0v) is 12.8. The van der Waals surface area contributed by atoms with Crippen molar-refractivity contribution >= 4 is 13.6 Å². The second-order valence-corrected chi connectivity index (χ2v) is 6.36. The zero-order chi connectivity index (χ0) is 15.0. The second-order valence-electron chi connectivity index (χ2n) is 4.30. The van der Waals surface area contributed by atoms with Crippen LogP contribution < -0.4 is 5.73 Å². The first-order chi connectivity index (χ1) is 9.50. The smallest absolute Gasteiger partial charge is 0.381 e. The molecule has 0 aromatic carbocycles. The number of esters is 1. The molecule has 0 heterocycles. The molecule has 0 amide bonds. The summed E-state index contributed by atoms with van der Waals surface area (Å²) in [5.74, 6) is -0.0781. The zero-order valence-electron chi connectivity index (χ0n) is 11.9. The Hall–Kier alpha value is -1.10. The van der Waals surface area contributed by atoms with Gasteiger partial charge < -0.3 is 15.0 Å². The Kier molecular flexibility index (Phi) is 6.99. The first-order valence-corrected chi connectivity index (χ1v) is 8.44. The summed E-state index contributed by atoms with van der Waals surface area (Å²) in [6.07, 6.45) is 6.34. The first kappa shape index (κ1) is 17.0. The van der Waals surface area contributed by atoms with E-state index in [1.165, 1.54) is 6.92 Å². The van der Waals surface area contributed by atoms with Crippen LogP contribution in [0.25, 0.3) is 0 Å². The Morgan fingerprint density at radius 3 is 2.80 bits per heavy atom. The Balaban J connectivity index is 2.70. The molecule has 0 aliphatic heterocycles. The van der Waals surface area contributed by atoms with Crippen molar-refractivity contribution in [3.8, 4) is 0 Å². The van der Waals surface area contributed by atoms with Crippen molar-refractivity contribution in [3.05, 3.63) is 24.0 Å². The molecule has 2 atom stereocenters. The SMILES string of the molecule is CCOC(=O)[C@@H](C)OP(=O)(CCN)OC1=CCCC=C1. The molecule has 1 aliphatic rings. The molecule has 1 rings (SSSR count). The molecule has 0 radical (unpaired) electrons. The molecule has 0 aromatic heterocycles. The van der Waals surface area contributed by atoms with Gasteiger partial charge in [0.05, 0.1) is 12.8 Å². The van der Waals surface area contributed by atoms with Gasteiger partial charge in [0.1, 0.15) is 5.76 Å². The average Bonchev–Trinajstić information content (AvgIpc) is 2.40. The van der Waals surface area contributed by atoms with Crippen LogP contribution in [-0.2, 0) is 23.1 Å². The van der Waals surface area contributed by atoms with Crippen LogP contribution in [0.4, 0.5) is 0 Å². The van der Waals surface area contributed by atoms with E-state index in [0.717, 1.165) is 12.8 Å². The summed E-state index contributed by atoms with van der Waals surface area (Å²) in [6.45, 7) is 3.56. The van der Waals surface area contributed by atoms with Gasteiger partial charge in [-0.15, -0.1) is 0 Å². The lowest BCUT2D eigenvalue weighted by Gasteiger charge is -2.23. The van der Waals surface area contributed by atoms with E-state index in [9.17, 15) is 9.36 Å². The van der Waals surface area contributed by atoms with Crippen molar-refractivity contribution in [3.63, 3.8) is 0 Å². The van der Waals surface area contributed by atoms with Crippen molar-refractivity contribution < 1.29 is 23.1 Å². The van der Waals surface area contributed by atoms with Gasteiger partial charge in [-0.05, 0) is 38.8 Å². The molecule has 0 fully saturated rings. The number of ether oxygens (including phenoxy) is 1. The van der Waals surface area contributed by atoms with E-state index >= 15 is 0 Å². The quantitative estimate of drug-likeness (QED) is 0.547. The van der Waals surface area contributed by atoms with E-state index in [-0.39, 0.29) is 19.3 Å². The highest BCUT2D eigenvalue weighted by atomic mass is 31.2. The first-order valence-electron chi connectivity index (χ1n) is 6.71. The summed E-state index contributed by atoms with van der Waals surface area (Å²) in [6, 6.07) is 0. The molecule has 2 N–H and O–H groups in total. The van der Waals surface area contributed by atoms with Crippen LogP contribution in [0.2, 0.25) is 0 Å². The molecule has 1 unspecified atom stereocenters. The fraction of sp³-hybridized carbons (Fsp3) is 0.615. The predicted molar refractivity (Wildman–Crippen MR) is 76.2 cm³/mol. The molecule has 0 spiro atoms. The van der Waals surface area contributed by atoms with E-state index in [1.54, 1.807) is 13.0 Å². The fourth-order valence-electron chi connectivity index (χ4n) is 1.64. The van der Waals surface area contributed by atoms with Gasteiger partial charge in [0, 0.05) is 6.54 Å². The molecule has 7 heteroatoms. The van der Waals surface area contributed by atoms with E-state index < -0.39 is 19.7 Å². The summed E-state index contributed by atoms with van der Waals surface area (Å²) in [5, 5.41) is 0. The van der Waals surface area contributed by atoms with Crippen LogP contribution in [0.5, 0.6) is 0 Å². The normalized spacial score (nSPS) is 18.9. The van der Waals surface area contributed by atoms with Crippen LogP contribution >= 0.6 is 7.60 Å². The lowest BCUT2D eigenvalue weighted by molar-refractivity contribution is -0.150.